The summed E-state index contributed by atoms with van der Waals surface area (Å²) in [5.41, 5.74) is 8.21. The van der Waals surface area contributed by atoms with Gasteiger partial charge in [0.1, 0.15) is 6.04 Å². The van der Waals surface area contributed by atoms with Crippen molar-refractivity contribution in [2.24, 2.45) is 5.73 Å². The van der Waals surface area contributed by atoms with Gasteiger partial charge in [0.05, 0.1) is 0 Å². The van der Waals surface area contributed by atoms with Gasteiger partial charge in [-0.3, -0.25) is 14.8 Å². The molecule has 126 valence electrons. The number of carbonyl (C=O) groups is 2. The number of hydrogen-bond acceptors (Lipinski definition) is 4. The molecular formula is C18H21N3O3. The zero-order valence-electron chi connectivity index (χ0n) is 13.7. The Morgan fingerprint density at radius 3 is 2.46 bits per heavy atom. The van der Waals surface area contributed by atoms with E-state index in [1.165, 1.54) is 5.48 Å². The van der Waals surface area contributed by atoms with Crippen LogP contribution >= 0.6 is 0 Å². The zero-order chi connectivity index (χ0) is 17.9. The maximum absolute atomic E-state index is 12.1. The van der Waals surface area contributed by atoms with Crippen molar-refractivity contribution in [3.8, 4) is 23.7 Å². The van der Waals surface area contributed by atoms with Crippen LogP contribution in [0.25, 0.3) is 0 Å². The first kappa shape index (κ1) is 19.2. The highest BCUT2D eigenvalue weighted by molar-refractivity contribution is 5.97. The fourth-order valence-electron chi connectivity index (χ4n) is 1.77. The number of nitrogens with two attached hydrogens (primary N) is 1. The van der Waals surface area contributed by atoms with Crippen LogP contribution in [0.4, 0.5) is 0 Å². The summed E-state index contributed by atoms with van der Waals surface area (Å²) in [6.45, 7) is 3.60. The van der Waals surface area contributed by atoms with Crippen molar-refractivity contribution in [3.05, 3.63) is 35.4 Å². The molecule has 0 aliphatic heterocycles. The van der Waals surface area contributed by atoms with E-state index in [4.69, 9.17) is 10.9 Å². The van der Waals surface area contributed by atoms with Crippen molar-refractivity contribution in [1.29, 1.82) is 0 Å². The molecule has 0 aromatic heterocycles. The molecule has 24 heavy (non-hydrogen) atoms. The molecule has 5 N–H and O–H groups in total. The summed E-state index contributed by atoms with van der Waals surface area (Å²) < 4.78 is 0. The molecule has 2 atom stereocenters. The molecule has 6 nitrogen and oxygen atoms in total. The van der Waals surface area contributed by atoms with Crippen LogP contribution in [0.5, 0.6) is 0 Å². The largest absolute Gasteiger partial charge is 0.339 e. The van der Waals surface area contributed by atoms with Gasteiger partial charge in [-0.15, -0.1) is 0 Å². The van der Waals surface area contributed by atoms with Crippen LogP contribution in [0, 0.1) is 23.7 Å². The maximum atomic E-state index is 12.1. The lowest BCUT2D eigenvalue weighted by Crippen LogP contribution is -2.54. The summed E-state index contributed by atoms with van der Waals surface area (Å²) in [7, 11) is 0. The topological polar surface area (TPSA) is 104 Å². The lowest BCUT2D eigenvalue weighted by Gasteiger charge is -2.19. The van der Waals surface area contributed by atoms with Crippen molar-refractivity contribution >= 4 is 11.8 Å². The van der Waals surface area contributed by atoms with Crippen molar-refractivity contribution in [2.45, 2.75) is 38.8 Å². The van der Waals surface area contributed by atoms with Gasteiger partial charge in [0.15, 0.2) is 0 Å². The number of hydroxylamine groups is 1. The quantitative estimate of drug-likeness (QED) is 0.365. The van der Waals surface area contributed by atoms with Crippen molar-refractivity contribution < 1.29 is 14.8 Å². The lowest BCUT2D eigenvalue weighted by molar-refractivity contribution is -0.131. The van der Waals surface area contributed by atoms with E-state index in [0.717, 1.165) is 18.4 Å². The van der Waals surface area contributed by atoms with Crippen LogP contribution in [0.15, 0.2) is 24.3 Å². The van der Waals surface area contributed by atoms with Gasteiger partial charge in [-0.25, -0.2) is 5.48 Å². The van der Waals surface area contributed by atoms with Crippen molar-refractivity contribution in [2.75, 3.05) is 0 Å². The standard InChI is InChI=1S/C18H21N3O3/c1-3-4-5-6-7-8-14-9-11-15(12-10-14)17(22)20-16(13(2)19)18(23)21-24/h9-13,16,24H,3-4,19H2,1-2H3,(H,20,22)(H,21,23)/t13-,16+/m1/s1. The highest BCUT2D eigenvalue weighted by Crippen LogP contribution is 2.04. The maximum Gasteiger partial charge on any atom is 0.267 e. The molecule has 0 unspecified atom stereocenters. The van der Waals surface area contributed by atoms with Gasteiger partial charge < -0.3 is 11.1 Å². The molecule has 0 bridgehead atoms. The molecule has 1 aromatic rings. The highest BCUT2D eigenvalue weighted by Gasteiger charge is 2.24. The van der Waals surface area contributed by atoms with Gasteiger partial charge in [0.25, 0.3) is 11.8 Å². The summed E-state index contributed by atoms with van der Waals surface area (Å²) >= 11 is 0. The van der Waals surface area contributed by atoms with Gasteiger partial charge in [-0.2, -0.15) is 0 Å². The van der Waals surface area contributed by atoms with E-state index in [2.05, 4.69) is 29.0 Å². The summed E-state index contributed by atoms with van der Waals surface area (Å²) in [5.74, 6) is 10.1. The first-order valence-corrected chi connectivity index (χ1v) is 7.59. The summed E-state index contributed by atoms with van der Waals surface area (Å²) in [6.07, 6.45) is 1.81. The van der Waals surface area contributed by atoms with Crippen molar-refractivity contribution in [3.63, 3.8) is 0 Å². The first-order valence-electron chi connectivity index (χ1n) is 7.59. The minimum Gasteiger partial charge on any atom is -0.339 e. The highest BCUT2D eigenvalue weighted by atomic mass is 16.5. The fourth-order valence-corrected chi connectivity index (χ4v) is 1.77. The van der Waals surface area contributed by atoms with Gasteiger partial charge in [-0.1, -0.05) is 18.8 Å². The van der Waals surface area contributed by atoms with Gasteiger partial charge in [0, 0.05) is 23.6 Å². The smallest absolute Gasteiger partial charge is 0.267 e. The first-order chi connectivity index (χ1) is 11.5. The average Bonchev–Trinajstić information content (AvgIpc) is 2.58. The minimum atomic E-state index is -1.03. The Hall–Kier alpha value is -2.80. The second-order valence-electron chi connectivity index (χ2n) is 5.17. The number of nitrogens with one attached hydrogen (secondary N) is 2. The average molecular weight is 327 g/mol. The Kier molecular flexibility index (Phi) is 8.07. The van der Waals surface area contributed by atoms with Crippen molar-refractivity contribution in [1.82, 2.24) is 10.8 Å². The molecule has 0 saturated carbocycles. The summed E-state index contributed by atoms with van der Waals surface area (Å²) in [6, 6.07) is 4.87. The number of carbonyl (C=O) groups excluding carboxylic acids is 2. The van der Waals surface area contributed by atoms with Crippen LogP contribution in [0.3, 0.4) is 0 Å². The van der Waals surface area contributed by atoms with E-state index in [9.17, 15) is 9.59 Å². The number of benzene rings is 1. The number of hydrogen-bond donors (Lipinski definition) is 4. The van der Waals surface area contributed by atoms with Gasteiger partial charge in [0.2, 0.25) is 0 Å². The second kappa shape index (κ2) is 10.1. The van der Waals surface area contributed by atoms with Gasteiger partial charge >= 0.3 is 0 Å². The van der Waals surface area contributed by atoms with E-state index < -0.39 is 23.9 Å². The third-order valence-electron chi connectivity index (χ3n) is 3.08. The van der Waals surface area contributed by atoms with Crippen LogP contribution in [-0.4, -0.2) is 29.1 Å². The molecule has 1 rings (SSSR count). The van der Waals surface area contributed by atoms with Crippen LogP contribution < -0.4 is 16.5 Å². The fraction of sp³-hybridized carbons (Fsp3) is 0.333. The Labute approximate surface area is 141 Å². The van der Waals surface area contributed by atoms with Crippen LogP contribution in [0.1, 0.15) is 42.6 Å². The predicted octanol–water partition coefficient (Wildman–Crippen LogP) is 0.793. The monoisotopic (exact) mass is 327 g/mol. The summed E-state index contributed by atoms with van der Waals surface area (Å²) in [5, 5.41) is 11.2. The minimum absolute atomic E-state index is 0.356. The Balaban J connectivity index is 2.76. The third kappa shape index (κ3) is 6.13. The summed E-state index contributed by atoms with van der Waals surface area (Å²) in [4.78, 5) is 23.6. The molecule has 1 aromatic carbocycles. The van der Waals surface area contributed by atoms with Gasteiger partial charge in [-0.05, 0) is 49.5 Å². The van der Waals surface area contributed by atoms with E-state index in [0.29, 0.717) is 5.56 Å². The molecule has 0 fully saturated rings. The SMILES string of the molecule is CCCC#CC#Cc1ccc(C(=O)N[C@H](C(=O)NO)[C@@H](C)N)cc1. The predicted molar refractivity (Wildman–Crippen MR) is 90.8 cm³/mol. The van der Waals surface area contributed by atoms with E-state index in [1.807, 2.05) is 6.92 Å². The van der Waals surface area contributed by atoms with Crippen LogP contribution in [0.2, 0.25) is 0 Å². The van der Waals surface area contributed by atoms with E-state index in [-0.39, 0.29) is 0 Å². The molecule has 0 aliphatic carbocycles. The Bertz CT molecular complexity index is 688. The third-order valence-corrected chi connectivity index (χ3v) is 3.08. The lowest BCUT2D eigenvalue weighted by atomic mass is 10.1. The second-order valence-corrected chi connectivity index (χ2v) is 5.17. The Morgan fingerprint density at radius 2 is 1.92 bits per heavy atom. The molecule has 0 heterocycles. The molecule has 0 spiro atoms. The number of rotatable bonds is 5. The number of unbranched alkanes of at least 4 members (excludes halogenated alkanes) is 1. The zero-order valence-corrected chi connectivity index (χ0v) is 13.7. The van der Waals surface area contributed by atoms with E-state index in [1.54, 1.807) is 31.2 Å². The molecule has 0 aliphatic rings. The molecule has 0 saturated heterocycles. The van der Waals surface area contributed by atoms with Crippen LogP contribution in [-0.2, 0) is 4.79 Å². The molecule has 0 radical (unpaired) electrons. The normalized spacial score (nSPS) is 11.8. The Morgan fingerprint density at radius 1 is 1.25 bits per heavy atom. The molecule has 2 amide bonds. The molecule has 6 heteroatoms. The molecular weight excluding hydrogens is 306 g/mol. The van der Waals surface area contributed by atoms with E-state index >= 15 is 0 Å². The number of amides is 2.